The van der Waals surface area contributed by atoms with Crippen LogP contribution in [0.5, 0.6) is 5.75 Å². The summed E-state index contributed by atoms with van der Waals surface area (Å²) in [5.41, 5.74) is 8.04. The zero-order valence-electron chi connectivity index (χ0n) is 12.6. The van der Waals surface area contributed by atoms with E-state index < -0.39 is 0 Å². The zero-order valence-corrected chi connectivity index (χ0v) is 12.6. The highest BCUT2D eigenvalue weighted by molar-refractivity contribution is 5.37. The van der Waals surface area contributed by atoms with E-state index in [1.807, 2.05) is 0 Å². The molecule has 1 heterocycles. The number of nitrogens with zero attached hydrogens (tertiary/aromatic N) is 1. The number of hydrogen-bond donors (Lipinski definition) is 1. The van der Waals surface area contributed by atoms with Gasteiger partial charge in [-0.1, -0.05) is 12.1 Å². The first-order chi connectivity index (χ1) is 9.76. The lowest BCUT2D eigenvalue weighted by atomic mass is 10.1. The summed E-state index contributed by atoms with van der Waals surface area (Å²) in [6, 6.07) is 6.32. The molecule has 0 aliphatic carbocycles. The molecule has 2 N–H and O–H groups in total. The van der Waals surface area contributed by atoms with Crippen molar-refractivity contribution < 1.29 is 9.47 Å². The van der Waals surface area contributed by atoms with Crippen LogP contribution < -0.4 is 10.5 Å². The standard InChI is InChI=1S/C16H26N2O2/c1-3-20-15-5-4-8-18(12-15)11-13-6-7-14(10-17)16(9-13)19-2/h6-7,9,15H,3-5,8,10-12,17H2,1-2H3. The van der Waals surface area contributed by atoms with Crippen molar-refractivity contribution in [3.05, 3.63) is 29.3 Å². The van der Waals surface area contributed by atoms with Crippen LogP contribution in [-0.2, 0) is 17.8 Å². The van der Waals surface area contributed by atoms with E-state index in [1.165, 1.54) is 18.4 Å². The van der Waals surface area contributed by atoms with E-state index in [1.54, 1.807) is 7.11 Å². The molecule has 20 heavy (non-hydrogen) atoms. The molecule has 1 aliphatic rings. The van der Waals surface area contributed by atoms with Gasteiger partial charge in [-0.25, -0.2) is 0 Å². The predicted octanol–water partition coefficient (Wildman–Crippen LogP) is 2.15. The normalized spacial score (nSPS) is 20.1. The second-order valence-corrected chi connectivity index (χ2v) is 5.31. The molecule has 0 radical (unpaired) electrons. The Balaban J connectivity index is 1.98. The summed E-state index contributed by atoms with van der Waals surface area (Å²) in [4.78, 5) is 2.46. The smallest absolute Gasteiger partial charge is 0.123 e. The van der Waals surface area contributed by atoms with E-state index in [2.05, 4.69) is 30.0 Å². The van der Waals surface area contributed by atoms with E-state index in [9.17, 15) is 0 Å². The number of hydrogen-bond acceptors (Lipinski definition) is 4. The topological polar surface area (TPSA) is 47.7 Å². The first-order valence-corrected chi connectivity index (χ1v) is 7.46. The van der Waals surface area contributed by atoms with Gasteiger partial charge in [0.1, 0.15) is 5.75 Å². The van der Waals surface area contributed by atoms with Crippen LogP contribution in [0.3, 0.4) is 0 Å². The molecule has 1 aromatic rings. The van der Waals surface area contributed by atoms with Crippen LogP contribution in [-0.4, -0.2) is 37.8 Å². The highest BCUT2D eigenvalue weighted by Gasteiger charge is 2.20. The SMILES string of the molecule is CCOC1CCCN(Cc2ccc(CN)c(OC)c2)C1. The van der Waals surface area contributed by atoms with Crippen LogP contribution in [0.15, 0.2) is 18.2 Å². The van der Waals surface area contributed by atoms with Crippen LogP contribution in [0.25, 0.3) is 0 Å². The Morgan fingerprint density at radius 1 is 1.40 bits per heavy atom. The van der Waals surface area contributed by atoms with Gasteiger partial charge in [0, 0.05) is 31.8 Å². The van der Waals surface area contributed by atoms with Gasteiger partial charge in [-0.2, -0.15) is 0 Å². The fourth-order valence-electron chi connectivity index (χ4n) is 2.84. The summed E-state index contributed by atoms with van der Waals surface area (Å²) in [5.74, 6) is 0.892. The number of rotatable bonds is 6. The quantitative estimate of drug-likeness (QED) is 0.866. The summed E-state index contributed by atoms with van der Waals surface area (Å²) in [6.07, 6.45) is 2.78. The van der Waals surface area contributed by atoms with Gasteiger partial charge in [0.05, 0.1) is 13.2 Å². The number of piperidine rings is 1. The Hall–Kier alpha value is -1.10. The molecule has 0 bridgehead atoms. The Kier molecular flexibility index (Phi) is 5.83. The molecule has 0 aromatic heterocycles. The number of benzene rings is 1. The average molecular weight is 278 g/mol. The minimum Gasteiger partial charge on any atom is -0.496 e. The fraction of sp³-hybridized carbons (Fsp3) is 0.625. The third-order valence-corrected chi connectivity index (χ3v) is 3.84. The Morgan fingerprint density at radius 3 is 2.95 bits per heavy atom. The molecule has 1 aromatic carbocycles. The van der Waals surface area contributed by atoms with Gasteiger partial charge in [0.15, 0.2) is 0 Å². The zero-order chi connectivity index (χ0) is 14.4. The van der Waals surface area contributed by atoms with E-state index in [-0.39, 0.29) is 0 Å². The van der Waals surface area contributed by atoms with E-state index in [4.69, 9.17) is 15.2 Å². The Bertz CT molecular complexity index is 421. The summed E-state index contributed by atoms with van der Waals surface area (Å²) in [6.45, 7) is 6.50. The predicted molar refractivity (Wildman–Crippen MR) is 80.8 cm³/mol. The Morgan fingerprint density at radius 2 is 2.25 bits per heavy atom. The van der Waals surface area contributed by atoms with Crippen LogP contribution in [0.4, 0.5) is 0 Å². The number of likely N-dealkylation sites (tertiary alicyclic amines) is 1. The molecule has 1 aliphatic heterocycles. The van der Waals surface area contributed by atoms with Gasteiger partial charge in [0.25, 0.3) is 0 Å². The minimum atomic E-state index is 0.388. The van der Waals surface area contributed by atoms with Crippen molar-refractivity contribution in [3.8, 4) is 5.75 Å². The fourth-order valence-corrected chi connectivity index (χ4v) is 2.84. The second kappa shape index (κ2) is 7.62. The molecule has 1 atom stereocenters. The highest BCUT2D eigenvalue weighted by Crippen LogP contribution is 2.22. The molecule has 1 saturated heterocycles. The third kappa shape index (κ3) is 3.95. The van der Waals surface area contributed by atoms with E-state index in [0.717, 1.165) is 37.6 Å². The molecule has 4 heteroatoms. The first kappa shape index (κ1) is 15.3. The molecular weight excluding hydrogens is 252 g/mol. The third-order valence-electron chi connectivity index (χ3n) is 3.84. The van der Waals surface area contributed by atoms with Crippen molar-refractivity contribution in [3.63, 3.8) is 0 Å². The highest BCUT2D eigenvalue weighted by atomic mass is 16.5. The second-order valence-electron chi connectivity index (χ2n) is 5.31. The minimum absolute atomic E-state index is 0.388. The molecular formula is C16H26N2O2. The van der Waals surface area contributed by atoms with Gasteiger partial charge >= 0.3 is 0 Å². The largest absolute Gasteiger partial charge is 0.496 e. The Labute approximate surface area is 121 Å². The molecule has 112 valence electrons. The number of methoxy groups -OCH3 is 1. The van der Waals surface area contributed by atoms with Crippen LogP contribution in [0.1, 0.15) is 30.9 Å². The molecule has 1 unspecified atom stereocenters. The number of nitrogens with two attached hydrogens (primary N) is 1. The van der Waals surface area contributed by atoms with Gasteiger partial charge in [-0.3, -0.25) is 4.90 Å². The van der Waals surface area contributed by atoms with Gasteiger partial charge in [-0.15, -0.1) is 0 Å². The molecule has 4 nitrogen and oxygen atoms in total. The van der Waals surface area contributed by atoms with Crippen molar-refractivity contribution >= 4 is 0 Å². The van der Waals surface area contributed by atoms with Gasteiger partial charge in [0.2, 0.25) is 0 Å². The van der Waals surface area contributed by atoms with Gasteiger partial charge < -0.3 is 15.2 Å². The molecule has 0 amide bonds. The molecule has 0 spiro atoms. The molecule has 2 rings (SSSR count). The lowest BCUT2D eigenvalue weighted by molar-refractivity contribution is 0.00362. The summed E-state index contributed by atoms with van der Waals surface area (Å²) in [7, 11) is 1.70. The van der Waals surface area contributed by atoms with Crippen molar-refractivity contribution in [1.82, 2.24) is 4.90 Å². The van der Waals surface area contributed by atoms with E-state index in [0.29, 0.717) is 12.6 Å². The monoisotopic (exact) mass is 278 g/mol. The average Bonchev–Trinajstić information content (AvgIpc) is 2.48. The maximum Gasteiger partial charge on any atom is 0.123 e. The van der Waals surface area contributed by atoms with E-state index >= 15 is 0 Å². The van der Waals surface area contributed by atoms with Crippen LogP contribution in [0, 0.1) is 0 Å². The maximum atomic E-state index is 5.75. The lowest BCUT2D eigenvalue weighted by Gasteiger charge is -2.32. The van der Waals surface area contributed by atoms with Crippen molar-refractivity contribution in [2.45, 2.75) is 39.0 Å². The lowest BCUT2D eigenvalue weighted by Crippen LogP contribution is -2.39. The van der Waals surface area contributed by atoms with Crippen molar-refractivity contribution in [1.29, 1.82) is 0 Å². The van der Waals surface area contributed by atoms with Crippen molar-refractivity contribution in [2.75, 3.05) is 26.8 Å². The summed E-state index contributed by atoms with van der Waals surface area (Å²) >= 11 is 0. The van der Waals surface area contributed by atoms with Crippen molar-refractivity contribution in [2.24, 2.45) is 5.73 Å². The summed E-state index contributed by atoms with van der Waals surface area (Å²) < 4.78 is 11.2. The summed E-state index contributed by atoms with van der Waals surface area (Å²) in [5, 5.41) is 0. The maximum absolute atomic E-state index is 5.75. The number of ether oxygens (including phenoxy) is 2. The molecule has 0 saturated carbocycles. The van der Waals surface area contributed by atoms with Gasteiger partial charge in [-0.05, 0) is 37.9 Å². The van der Waals surface area contributed by atoms with Crippen LogP contribution >= 0.6 is 0 Å². The van der Waals surface area contributed by atoms with Crippen LogP contribution in [0.2, 0.25) is 0 Å². The first-order valence-electron chi connectivity index (χ1n) is 7.46. The molecule has 1 fully saturated rings.